The molecule has 0 spiro atoms. The van der Waals surface area contributed by atoms with E-state index < -0.39 is 0 Å². The van der Waals surface area contributed by atoms with Gasteiger partial charge in [0.2, 0.25) is 0 Å². The monoisotopic (exact) mass is 201 g/mol. The van der Waals surface area contributed by atoms with Crippen molar-refractivity contribution in [3.05, 3.63) is 29.6 Å². The third-order valence-corrected chi connectivity index (χ3v) is 3.47. The minimum Gasteiger partial charge on any atom is -0.331 e. The van der Waals surface area contributed by atoms with Gasteiger partial charge in [-0.05, 0) is 37.5 Å². The smallest absolute Gasteiger partial charge is 0.106 e. The van der Waals surface area contributed by atoms with E-state index in [-0.39, 0.29) is 5.54 Å². The standard InChI is InChI=1S/C12H15N3/c1-8-14-10-4-3-9(12(13)5-6-12)7-11(10)15(8)2/h3-4,7H,5-6,13H2,1-2H3. The number of nitrogens with zero attached hydrogens (tertiary/aromatic N) is 2. The summed E-state index contributed by atoms with van der Waals surface area (Å²) in [5.41, 5.74) is 9.63. The lowest BCUT2D eigenvalue weighted by molar-refractivity contribution is 0.740. The second kappa shape index (κ2) is 2.61. The molecule has 0 atom stereocenters. The minimum absolute atomic E-state index is 0.0492. The molecule has 1 heterocycles. The van der Waals surface area contributed by atoms with Crippen LogP contribution in [0.1, 0.15) is 24.2 Å². The average Bonchev–Trinajstić information content (AvgIpc) is 2.90. The molecular formula is C12H15N3. The fraction of sp³-hybridized carbons (Fsp3) is 0.417. The summed E-state index contributed by atoms with van der Waals surface area (Å²) in [5, 5.41) is 0. The number of rotatable bonds is 1. The molecule has 0 bridgehead atoms. The summed E-state index contributed by atoms with van der Waals surface area (Å²) in [6.45, 7) is 2.02. The molecular weight excluding hydrogens is 186 g/mol. The lowest BCUT2D eigenvalue weighted by Crippen LogP contribution is -2.18. The summed E-state index contributed by atoms with van der Waals surface area (Å²) in [5.74, 6) is 1.05. The molecule has 3 heteroatoms. The second-order valence-electron chi connectivity index (χ2n) is 4.58. The molecule has 15 heavy (non-hydrogen) atoms. The van der Waals surface area contributed by atoms with Crippen LogP contribution in [0.4, 0.5) is 0 Å². The van der Waals surface area contributed by atoms with E-state index in [1.165, 1.54) is 11.1 Å². The molecule has 0 radical (unpaired) electrons. The van der Waals surface area contributed by atoms with Crippen molar-refractivity contribution in [1.29, 1.82) is 0 Å². The molecule has 1 fully saturated rings. The van der Waals surface area contributed by atoms with Gasteiger partial charge < -0.3 is 10.3 Å². The van der Waals surface area contributed by atoms with Gasteiger partial charge in [0, 0.05) is 12.6 Å². The first-order valence-corrected chi connectivity index (χ1v) is 5.33. The van der Waals surface area contributed by atoms with Crippen LogP contribution in [-0.4, -0.2) is 9.55 Å². The van der Waals surface area contributed by atoms with Crippen LogP contribution < -0.4 is 5.73 Å². The number of nitrogens with two attached hydrogens (primary N) is 1. The SMILES string of the molecule is Cc1nc2ccc(C3(N)CC3)cc2n1C. The topological polar surface area (TPSA) is 43.8 Å². The molecule has 2 N–H and O–H groups in total. The summed E-state index contributed by atoms with van der Waals surface area (Å²) in [6.07, 6.45) is 2.21. The van der Waals surface area contributed by atoms with Crippen molar-refractivity contribution in [2.24, 2.45) is 12.8 Å². The Bertz CT molecular complexity index is 535. The Morgan fingerprint density at radius 3 is 2.80 bits per heavy atom. The molecule has 0 unspecified atom stereocenters. The maximum Gasteiger partial charge on any atom is 0.106 e. The third kappa shape index (κ3) is 1.20. The van der Waals surface area contributed by atoms with Crippen molar-refractivity contribution in [3.8, 4) is 0 Å². The molecule has 2 aromatic rings. The van der Waals surface area contributed by atoms with Gasteiger partial charge >= 0.3 is 0 Å². The van der Waals surface area contributed by atoms with Crippen LogP contribution in [0.2, 0.25) is 0 Å². The maximum absolute atomic E-state index is 6.19. The highest BCUT2D eigenvalue weighted by Crippen LogP contribution is 2.43. The van der Waals surface area contributed by atoms with Crippen LogP contribution in [0.3, 0.4) is 0 Å². The van der Waals surface area contributed by atoms with Crippen molar-refractivity contribution in [2.75, 3.05) is 0 Å². The largest absolute Gasteiger partial charge is 0.331 e. The van der Waals surface area contributed by atoms with Crippen LogP contribution in [-0.2, 0) is 12.6 Å². The number of aromatic nitrogens is 2. The highest BCUT2D eigenvalue weighted by molar-refractivity contribution is 5.77. The van der Waals surface area contributed by atoms with Gasteiger partial charge in [0.15, 0.2) is 0 Å². The van der Waals surface area contributed by atoms with E-state index in [1.807, 2.05) is 14.0 Å². The summed E-state index contributed by atoms with van der Waals surface area (Å²) in [7, 11) is 2.05. The van der Waals surface area contributed by atoms with Gasteiger partial charge in [-0.25, -0.2) is 4.98 Å². The zero-order valence-corrected chi connectivity index (χ0v) is 9.12. The van der Waals surface area contributed by atoms with Crippen LogP contribution >= 0.6 is 0 Å². The minimum atomic E-state index is -0.0492. The maximum atomic E-state index is 6.19. The molecule has 1 aliphatic carbocycles. The third-order valence-electron chi connectivity index (χ3n) is 3.47. The van der Waals surface area contributed by atoms with E-state index in [0.717, 1.165) is 24.2 Å². The number of hydrogen-bond acceptors (Lipinski definition) is 2. The van der Waals surface area contributed by atoms with Crippen molar-refractivity contribution < 1.29 is 0 Å². The Hall–Kier alpha value is -1.35. The zero-order chi connectivity index (χ0) is 10.6. The molecule has 0 aliphatic heterocycles. The van der Waals surface area contributed by atoms with Gasteiger partial charge in [0.05, 0.1) is 11.0 Å². The number of fused-ring (bicyclic) bond motifs is 1. The van der Waals surface area contributed by atoms with Crippen LogP contribution in [0.15, 0.2) is 18.2 Å². The van der Waals surface area contributed by atoms with E-state index in [1.54, 1.807) is 0 Å². The molecule has 3 nitrogen and oxygen atoms in total. The summed E-state index contributed by atoms with van der Waals surface area (Å²) in [6, 6.07) is 6.37. The summed E-state index contributed by atoms with van der Waals surface area (Å²) in [4.78, 5) is 4.48. The van der Waals surface area contributed by atoms with E-state index in [9.17, 15) is 0 Å². The van der Waals surface area contributed by atoms with E-state index in [0.29, 0.717) is 0 Å². The van der Waals surface area contributed by atoms with E-state index in [2.05, 4.69) is 27.8 Å². The first-order chi connectivity index (χ1) is 7.10. The van der Waals surface area contributed by atoms with Crippen molar-refractivity contribution in [1.82, 2.24) is 9.55 Å². The second-order valence-corrected chi connectivity index (χ2v) is 4.58. The van der Waals surface area contributed by atoms with Gasteiger partial charge in [-0.15, -0.1) is 0 Å². The summed E-state index contributed by atoms with van der Waals surface area (Å²) >= 11 is 0. The number of imidazole rings is 1. The Kier molecular flexibility index (Phi) is 1.55. The van der Waals surface area contributed by atoms with Crippen LogP contribution in [0, 0.1) is 6.92 Å². The fourth-order valence-electron chi connectivity index (χ4n) is 2.04. The van der Waals surface area contributed by atoms with Crippen molar-refractivity contribution >= 4 is 11.0 Å². The number of aryl methyl sites for hydroxylation is 2. The predicted molar refractivity (Wildman–Crippen MR) is 60.6 cm³/mol. The molecule has 1 aromatic heterocycles. The van der Waals surface area contributed by atoms with Crippen molar-refractivity contribution in [3.63, 3.8) is 0 Å². The van der Waals surface area contributed by atoms with Gasteiger partial charge in [-0.3, -0.25) is 0 Å². The van der Waals surface area contributed by atoms with Gasteiger partial charge in [0.1, 0.15) is 5.82 Å². The highest BCUT2D eigenvalue weighted by atomic mass is 15.0. The molecule has 0 amide bonds. The molecule has 0 saturated heterocycles. The Morgan fingerprint density at radius 1 is 1.40 bits per heavy atom. The molecule has 1 saturated carbocycles. The van der Waals surface area contributed by atoms with Gasteiger partial charge in [0.25, 0.3) is 0 Å². The number of benzene rings is 1. The molecule has 3 rings (SSSR count). The van der Waals surface area contributed by atoms with Crippen LogP contribution in [0.5, 0.6) is 0 Å². The molecule has 1 aromatic carbocycles. The molecule has 1 aliphatic rings. The van der Waals surface area contributed by atoms with E-state index in [4.69, 9.17) is 5.73 Å². The van der Waals surface area contributed by atoms with Crippen LogP contribution in [0.25, 0.3) is 11.0 Å². The highest BCUT2D eigenvalue weighted by Gasteiger charge is 2.40. The quantitative estimate of drug-likeness (QED) is 0.765. The number of hydrogen-bond donors (Lipinski definition) is 1. The Morgan fingerprint density at radius 2 is 2.13 bits per heavy atom. The van der Waals surface area contributed by atoms with E-state index >= 15 is 0 Å². The molecule has 78 valence electrons. The first-order valence-electron chi connectivity index (χ1n) is 5.33. The predicted octanol–water partition coefficient (Wildman–Crippen LogP) is 1.83. The van der Waals surface area contributed by atoms with Gasteiger partial charge in [-0.2, -0.15) is 0 Å². The lowest BCUT2D eigenvalue weighted by Gasteiger charge is -2.08. The van der Waals surface area contributed by atoms with Crippen molar-refractivity contribution in [2.45, 2.75) is 25.3 Å². The zero-order valence-electron chi connectivity index (χ0n) is 9.12. The lowest BCUT2D eigenvalue weighted by atomic mass is 10.1. The first kappa shape index (κ1) is 8.92. The Balaban J connectivity index is 2.25. The fourth-order valence-corrected chi connectivity index (χ4v) is 2.04. The Labute approximate surface area is 88.9 Å². The summed E-state index contributed by atoms with van der Waals surface area (Å²) < 4.78 is 2.12. The average molecular weight is 201 g/mol. The normalized spacial score (nSPS) is 18.3. The van der Waals surface area contributed by atoms with Gasteiger partial charge in [-0.1, -0.05) is 6.07 Å².